The second-order valence-electron chi connectivity index (χ2n) is 2.55. The maximum Gasteiger partial charge on any atom is 0.202 e. The molecule has 0 spiro atoms. The van der Waals surface area contributed by atoms with Gasteiger partial charge in [-0.25, -0.2) is 9.34 Å². The summed E-state index contributed by atoms with van der Waals surface area (Å²) >= 11 is 5.35. The zero-order valence-electron chi connectivity index (χ0n) is 6.57. The van der Waals surface area contributed by atoms with Crippen molar-refractivity contribution >= 4 is 18.4 Å². The molecule has 3 nitrogen and oxygen atoms in total. The van der Waals surface area contributed by atoms with Gasteiger partial charge in [0.05, 0.1) is 6.61 Å². The molecule has 1 aliphatic rings. The lowest BCUT2D eigenvalue weighted by atomic mass is 10.7. The molecule has 1 aliphatic heterocycles. The van der Waals surface area contributed by atoms with Crippen molar-refractivity contribution in [2.24, 2.45) is 0 Å². The Morgan fingerprint density at radius 3 is 2.40 bits per heavy atom. The van der Waals surface area contributed by atoms with Gasteiger partial charge in [-0.05, 0) is 32.9 Å². The highest BCUT2D eigenvalue weighted by Gasteiger charge is 2.31. The highest BCUT2D eigenvalue weighted by molar-refractivity contribution is 8.10. The Kier molecular flexibility index (Phi) is 2.48. The molecule has 1 saturated heterocycles. The molecular weight excluding hydrogens is 167 g/mol. The lowest BCUT2D eigenvalue weighted by Crippen LogP contribution is -2.19. The minimum atomic E-state index is -1.73. The topological polar surface area (TPSA) is 15.7 Å². The van der Waals surface area contributed by atoms with Gasteiger partial charge < -0.3 is 4.52 Å². The Balaban J connectivity index is 2.76. The second-order valence-corrected chi connectivity index (χ2v) is 6.70. The van der Waals surface area contributed by atoms with E-state index < -0.39 is 6.57 Å². The largest absolute Gasteiger partial charge is 0.325 e. The van der Waals surface area contributed by atoms with Gasteiger partial charge in [0, 0.05) is 6.54 Å². The quantitative estimate of drug-likeness (QED) is 0.553. The molecule has 0 N–H and O–H groups in total. The molecular formula is C5H13N2OPS. The predicted molar refractivity (Wildman–Crippen MR) is 46.6 cm³/mol. The van der Waals surface area contributed by atoms with E-state index in [-0.39, 0.29) is 0 Å². The fourth-order valence-corrected chi connectivity index (χ4v) is 3.10. The van der Waals surface area contributed by atoms with E-state index in [0.717, 1.165) is 13.2 Å². The van der Waals surface area contributed by atoms with Gasteiger partial charge in [-0.2, -0.15) is 0 Å². The smallest absolute Gasteiger partial charge is 0.202 e. The molecule has 60 valence electrons. The molecule has 0 aromatic carbocycles. The first-order chi connectivity index (χ1) is 4.57. The monoisotopic (exact) mass is 180 g/mol. The first kappa shape index (κ1) is 8.62. The van der Waals surface area contributed by atoms with Gasteiger partial charge in [-0.3, -0.25) is 0 Å². The van der Waals surface area contributed by atoms with Crippen LogP contribution in [0.1, 0.15) is 0 Å². The van der Waals surface area contributed by atoms with Crippen molar-refractivity contribution in [2.45, 2.75) is 0 Å². The second kappa shape index (κ2) is 2.88. The van der Waals surface area contributed by atoms with E-state index in [4.69, 9.17) is 16.3 Å². The normalized spacial score (nSPS) is 35.6. The summed E-state index contributed by atoms with van der Waals surface area (Å²) in [6.45, 7) is 0.0184. The van der Waals surface area contributed by atoms with E-state index in [0.29, 0.717) is 0 Å². The van der Waals surface area contributed by atoms with Crippen LogP contribution >= 0.6 is 6.57 Å². The maximum atomic E-state index is 5.49. The summed E-state index contributed by atoms with van der Waals surface area (Å²) in [4.78, 5) is 0. The predicted octanol–water partition coefficient (Wildman–Crippen LogP) is 0.734. The highest BCUT2D eigenvalue weighted by atomic mass is 32.5. The molecule has 1 unspecified atom stereocenters. The van der Waals surface area contributed by atoms with Gasteiger partial charge in [0.2, 0.25) is 6.57 Å². The van der Waals surface area contributed by atoms with E-state index >= 15 is 0 Å². The van der Waals surface area contributed by atoms with E-state index in [1.165, 1.54) is 0 Å². The third-order valence-electron chi connectivity index (χ3n) is 1.61. The molecule has 0 bridgehead atoms. The van der Waals surface area contributed by atoms with Gasteiger partial charge in [-0.15, -0.1) is 0 Å². The van der Waals surface area contributed by atoms with Crippen LogP contribution in [0.3, 0.4) is 0 Å². The van der Waals surface area contributed by atoms with Crippen molar-refractivity contribution in [1.29, 1.82) is 0 Å². The van der Waals surface area contributed by atoms with Crippen molar-refractivity contribution in [3.8, 4) is 0 Å². The van der Waals surface area contributed by atoms with E-state index in [1.807, 2.05) is 25.8 Å². The third kappa shape index (κ3) is 1.27. The molecule has 0 aliphatic carbocycles. The van der Waals surface area contributed by atoms with Crippen LogP contribution in [0, 0.1) is 0 Å². The molecule has 0 radical (unpaired) electrons. The average molecular weight is 180 g/mol. The van der Waals surface area contributed by atoms with Crippen molar-refractivity contribution in [2.75, 3.05) is 34.3 Å². The zero-order chi connectivity index (χ0) is 7.78. The van der Waals surface area contributed by atoms with E-state index in [1.54, 1.807) is 0 Å². The van der Waals surface area contributed by atoms with Gasteiger partial charge >= 0.3 is 0 Å². The Morgan fingerprint density at radius 1 is 1.60 bits per heavy atom. The standard InChI is InChI=1S/C5H13N2OPS/c1-6(2)9(10)7(3)4-5-8-9/h4-5H2,1-3H3. The summed E-state index contributed by atoms with van der Waals surface area (Å²) in [5, 5.41) is 0. The minimum absolute atomic E-state index is 0.784. The van der Waals surface area contributed by atoms with Crippen LogP contribution < -0.4 is 0 Å². The van der Waals surface area contributed by atoms with Gasteiger partial charge in [0.1, 0.15) is 0 Å². The Morgan fingerprint density at radius 2 is 2.20 bits per heavy atom. The van der Waals surface area contributed by atoms with Crippen LogP contribution in [0.2, 0.25) is 0 Å². The Labute approximate surface area is 67.1 Å². The molecule has 1 heterocycles. The fourth-order valence-electron chi connectivity index (χ4n) is 0.938. The lowest BCUT2D eigenvalue weighted by molar-refractivity contribution is 0.371. The van der Waals surface area contributed by atoms with Crippen molar-refractivity contribution < 1.29 is 4.52 Å². The molecule has 5 heteroatoms. The fraction of sp³-hybridized carbons (Fsp3) is 1.00. The molecule has 0 aromatic rings. The number of rotatable bonds is 1. The van der Waals surface area contributed by atoms with Crippen LogP contribution in [0.15, 0.2) is 0 Å². The van der Waals surface area contributed by atoms with Crippen LogP contribution in [-0.2, 0) is 16.3 Å². The lowest BCUT2D eigenvalue weighted by Gasteiger charge is -2.28. The summed E-state index contributed by atoms with van der Waals surface area (Å²) < 4.78 is 9.63. The van der Waals surface area contributed by atoms with Gasteiger partial charge in [-0.1, -0.05) is 0 Å². The van der Waals surface area contributed by atoms with Crippen LogP contribution in [0.25, 0.3) is 0 Å². The van der Waals surface area contributed by atoms with Crippen LogP contribution in [0.5, 0.6) is 0 Å². The average Bonchev–Trinajstić information content (AvgIpc) is 2.15. The third-order valence-corrected chi connectivity index (χ3v) is 6.34. The Hall–Kier alpha value is 0.530. The van der Waals surface area contributed by atoms with Gasteiger partial charge in [0.25, 0.3) is 0 Å². The molecule has 10 heavy (non-hydrogen) atoms. The summed E-state index contributed by atoms with van der Waals surface area (Å²) in [5.41, 5.74) is 0. The number of hydrogen-bond acceptors (Lipinski definition) is 2. The number of hydrogen-bond donors (Lipinski definition) is 0. The molecule has 1 fully saturated rings. The van der Waals surface area contributed by atoms with Crippen LogP contribution in [-0.4, -0.2) is 43.6 Å². The summed E-state index contributed by atoms with van der Waals surface area (Å²) in [6.07, 6.45) is 0. The first-order valence-corrected chi connectivity index (χ1v) is 5.84. The van der Waals surface area contributed by atoms with E-state index in [2.05, 4.69) is 4.67 Å². The summed E-state index contributed by atoms with van der Waals surface area (Å²) in [6, 6.07) is 0. The molecule has 0 aromatic heterocycles. The molecule has 0 amide bonds. The molecule has 0 saturated carbocycles. The van der Waals surface area contributed by atoms with Crippen molar-refractivity contribution in [3.05, 3.63) is 0 Å². The molecule has 1 atom stereocenters. The SMILES string of the molecule is CN(C)P1(=S)OCCN1C. The maximum absolute atomic E-state index is 5.49. The minimum Gasteiger partial charge on any atom is -0.325 e. The zero-order valence-corrected chi connectivity index (χ0v) is 8.28. The Bertz CT molecular complexity index is 173. The number of likely N-dealkylation sites (N-methyl/N-ethyl adjacent to an activating group) is 1. The van der Waals surface area contributed by atoms with Crippen molar-refractivity contribution in [1.82, 2.24) is 9.34 Å². The summed E-state index contributed by atoms with van der Waals surface area (Å²) in [7, 11) is 5.97. The van der Waals surface area contributed by atoms with Crippen LogP contribution in [0.4, 0.5) is 0 Å². The van der Waals surface area contributed by atoms with Gasteiger partial charge in [0.15, 0.2) is 0 Å². The first-order valence-electron chi connectivity index (χ1n) is 3.21. The van der Waals surface area contributed by atoms with Crippen molar-refractivity contribution in [3.63, 3.8) is 0 Å². The summed E-state index contributed by atoms with van der Waals surface area (Å²) in [5.74, 6) is 0. The number of nitrogens with zero attached hydrogens (tertiary/aromatic N) is 2. The molecule has 1 rings (SSSR count). The van der Waals surface area contributed by atoms with E-state index in [9.17, 15) is 0 Å². The highest BCUT2D eigenvalue weighted by Crippen LogP contribution is 2.54.